The fourth-order valence-corrected chi connectivity index (χ4v) is 4.07. The number of nitrogens with one attached hydrogen (secondary N) is 2. The second-order valence-electron chi connectivity index (χ2n) is 6.73. The predicted octanol–water partition coefficient (Wildman–Crippen LogP) is 2.79. The fourth-order valence-electron chi connectivity index (χ4n) is 2.94. The number of anilines is 1. The lowest BCUT2D eigenvalue weighted by Crippen LogP contribution is -2.29. The molecular formula is C20H23N3O4S. The van der Waals surface area contributed by atoms with Crippen LogP contribution in [0.2, 0.25) is 0 Å². The van der Waals surface area contributed by atoms with Crippen LogP contribution in [0.25, 0.3) is 0 Å². The summed E-state index contributed by atoms with van der Waals surface area (Å²) in [6.45, 7) is 4.37. The standard InChI is InChI=1S/C20H23N3O4S/c1-14-9-15(2)11-17(10-14)27-13-20(24)22-16-5-3-6-18(12-16)28(25,26)23-19-7-4-8-21-19/h3,5-6,9-12H,4,7-8,13H2,1-2H3,(H,21,23)(H,22,24). The van der Waals surface area contributed by atoms with E-state index in [0.29, 0.717) is 30.2 Å². The molecule has 0 atom stereocenters. The van der Waals surface area contributed by atoms with Crippen molar-refractivity contribution in [2.75, 3.05) is 18.5 Å². The van der Waals surface area contributed by atoms with E-state index in [2.05, 4.69) is 15.0 Å². The van der Waals surface area contributed by atoms with Crippen LogP contribution >= 0.6 is 0 Å². The summed E-state index contributed by atoms with van der Waals surface area (Å²) in [4.78, 5) is 16.4. The van der Waals surface area contributed by atoms with Crippen molar-refractivity contribution in [2.24, 2.45) is 4.99 Å². The van der Waals surface area contributed by atoms with Crippen molar-refractivity contribution in [3.63, 3.8) is 0 Å². The van der Waals surface area contributed by atoms with Crippen LogP contribution in [0.4, 0.5) is 5.69 Å². The molecule has 0 spiro atoms. The Morgan fingerprint density at radius 1 is 1.14 bits per heavy atom. The molecule has 0 aromatic heterocycles. The van der Waals surface area contributed by atoms with Crippen LogP contribution in [0.1, 0.15) is 24.0 Å². The Hall–Kier alpha value is -2.87. The first-order valence-corrected chi connectivity index (χ1v) is 10.5. The van der Waals surface area contributed by atoms with E-state index in [9.17, 15) is 13.2 Å². The Morgan fingerprint density at radius 2 is 1.89 bits per heavy atom. The number of carbonyl (C=O) groups is 1. The number of benzene rings is 2. The van der Waals surface area contributed by atoms with Gasteiger partial charge in [-0.2, -0.15) is 0 Å². The lowest BCUT2D eigenvalue weighted by Gasteiger charge is -2.11. The molecule has 28 heavy (non-hydrogen) atoms. The Labute approximate surface area is 164 Å². The van der Waals surface area contributed by atoms with Crippen LogP contribution in [0.3, 0.4) is 0 Å². The molecule has 0 unspecified atom stereocenters. The molecule has 0 bridgehead atoms. The van der Waals surface area contributed by atoms with Crippen molar-refractivity contribution in [2.45, 2.75) is 31.6 Å². The third kappa shape index (κ3) is 5.32. The van der Waals surface area contributed by atoms with Gasteiger partial charge in [-0.25, -0.2) is 8.42 Å². The zero-order chi connectivity index (χ0) is 20.1. The molecular weight excluding hydrogens is 378 g/mol. The van der Waals surface area contributed by atoms with Crippen molar-refractivity contribution in [3.8, 4) is 5.75 Å². The zero-order valence-electron chi connectivity index (χ0n) is 15.9. The Morgan fingerprint density at radius 3 is 2.57 bits per heavy atom. The summed E-state index contributed by atoms with van der Waals surface area (Å²) in [5.74, 6) is 0.712. The van der Waals surface area contributed by atoms with E-state index in [1.165, 1.54) is 12.1 Å². The van der Waals surface area contributed by atoms with Gasteiger partial charge in [0.1, 0.15) is 11.6 Å². The smallest absolute Gasteiger partial charge is 0.262 e. The highest BCUT2D eigenvalue weighted by Gasteiger charge is 2.18. The number of nitrogens with zero attached hydrogens (tertiary/aromatic N) is 1. The largest absolute Gasteiger partial charge is 0.484 e. The third-order valence-electron chi connectivity index (χ3n) is 4.12. The van der Waals surface area contributed by atoms with Crippen molar-refractivity contribution in [1.82, 2.24) is 4.72 Å². The number of amides is 1. The van der Waals surface area contributed by atoms with Gasteiger partial charge in [-0.1, -0.05) is 12.1 Å². The van der Waals surface area contributed by atoms with Gasteiger partial charge < -0.3 is 10.1 Å². The molecule has 0 radical (unpaired) electrons. The number of hydrogen-bond donors (Lipinski definition) is 2. The Balaban J connectivity index is 1.62. The average molecular weight is 401 g/mol. The number of ether oxygens (including phenoxy) is 1. The Bertz CT molecular complexity index is 996. The second-order valence-corrected chi connectivity index (χ2v) is 8.41. The number of rotatable bonds is 6. The van der Waals surface area contributed by atoms with Gasteiger partial charge in [0.05, 0.1) is 4.90 Å². The summed E-state index contributed by atoms with van der Waals surface area (Å²) in [6.07, 6.45) is 1.46. The summed E-state index contributed by atoms with van der Waals surface area (Å²) >= 11 is 0. The van der Waals surface area contributed by atoms with Gasteiger partial charge in [-0.15, -0.1) is 0 Å². The molecule has 0 saturated heterocycles. The fraction of sp³-hybridized carbons (Fsp3) is 0.300. The van der Waals surface area contributed by atoms with E-state index in [1.807, 2.05) is 32.0 Å². The van der Waals surface area contributed by atoms with Gasteiger partial charge in [0.15, 0.2) is 6.61 Å². The summed E-state index contributed by atoms with van der Waals surface area (Å²) in [5.41, 5.74) is 2.48. The molecule has 2 aromatic rings. The summed E-state index contributed by atoms with van der Waals surface area (Å²) in [5, 5.41) is 2.66. The number of amidine groups is 1. The highest BCUT2D eigenvalue weighted by Crippen LogP contribution is 2.18. The molecule has 0 aliphatic carbocycles. The minimum absolute atomic E-state index is 0.0649. The maximum atomic E-state index is 12.5. The van der Waals surface area contributed by atoms with Crippen LogP contribution in [-0.4, -0.2) is 33.3 Å². The van der Waals surface area contributed by atoms with Crippen molar-refractivity contribution >= 4 is 27.5 Å². The molecule has 0 saturated carbocycles. The van der Waals surface area contributed by atoms with E-state index >= 15 is 0 Å². The van der Waals surface area contributed by atoms with E-state index in [1.54, 1.807) is 12.1 Å². The first-order chi connectivity index (χ1) is 13.3. The number of aliphatic imine (C=N–C) groups is 1. The molecule has 0 fully saturated rings. The molecule has 8 heteroatoms. The van der Waals surface area contributed by atoms with E-state index in [0.717, 1.165) is 17.5 Å². The lowest BCUT2D eigenvalue weighted by atomic mass is 10.1. The minimum Gasteiger partial charge on any atom is -0.484 e. The lowest BCUT2D eigenvalue weighted by molar-refractivity contribution is -0.118. The molecule has 1 aliphatic rings. The van der Waals surface area contributed by atoms with Crippen molar-refractivity contribution < 1.29 is 17.9 Å². The van der Waals surface area contributed by atoms with E-state index < -0.39 is 10.0 Å². The van der Waals surface area contributed by atoms with Crippen LogP contribution in [0, 0.1) is 13.8 Å². The molecule has 2 N–H and O–H groups in total. The van der Waals surface area contributed by atoms with Crippen molar-refractivity contribution in [3.05, 3.63) is 53.6 Å². The number of sulfonamides is 1. The van der Waals surface area contributed by atoms with E-state index in [4.69, 9.17) is 4.74 Å². The predicted molar refractivity (Wildman–Crippen MR) is 108 cm³/mol. The van der Waals surface area contributed by atoms with Crippen LogP contribution in [-0.2, 0) is 14.8 Å². The molecule has 1 heterocycles. The molecule has 7 nitrogen and oxygen atoms in total. The van der Waals surface area contributed by atoms with Gasteiger partial charge >= 0.3 is 0 Å². The SMILES string of the molecule is Cc1cc(C)cc(OCC(=O)Nc2cccc(S(=O)(=O)NC3=NCCC3)c2)c1. The van der Waals surface area contributed by atoms with Crippen LogP contribution < -0.4 is 14.8 Å². The quantitative estimate of drug-likeness (QED) is 0.778. The first kappa shape index (κ1) is 19.9. The van der Waals surface area contributed by atoms with Gasteiger partial charge in [0.2, 0.25) is 0 Å². The van der Waals surface area contributed by atoms with Crippen molar-refractivity contribution in [1.29, 1.82) is 0 Å². The third-order valence-corrected chi connectivity index (χ3v) is 5.50. The highest BCUT2D eigenvalue weighted by atomic mass is 32.2. The highest BCUT2D eigenvalue weighted by molar-refractivity contribution is 7.90. The molecule has 2 aromatic carbocycles. The maximum Gasteiger partial charge on any atom is 0.262 e. The molecule has 148 valence electrons. The summed E-state index contributed by atoms with van der Waals surface area (Å²) in [7, 11) is -3.73. The number of aryl methyl sites for hydroxylation is 2. The second kappa shape index (κ2) is 8.43. The number of carbonyl (C=O) groups excluding carboxylic acids is 1. The van der Waals surface area contributed by atoms with Gasteiger partial charge in [-0.3, -0.25) is 14.5 Å². The van der Waals surface area contributed by atoms with Gasteiger partial charge in [-0.05, 0) is 61.7 Å². The van der Waals surface area contributed by atoms with Gasteiger partial charge in [0.25, 0.3) is 15.9 Å². The summed E-state index contributed by atoms with van der Waals surface area (Å²) < 4.78 is 33.0. The van der Waals surface area contributed by atoms with Crippen LogP contribution in [0.5, 0.6) is 5.75 Å². The number of hydrogen-bond acceptors (Lipinski definition) is 5. The maximum absolute atomic E-state index is 12.5. The Kier molecular flexibility index (Phi) is 5.99. The first-order valence-electron chi connectivity index (χ1n) is 8.99. The topological polar surface area (TPSA) is 96.9 Å². The minimum atomic E-state index is -3.73. The zero-order valence-corrected chi connectivity index (χ0v) is 16.7. The molecule has 3 rings (SSSR count). The monoisotopic (exact) mass is 401 g/mol. The average Bonchev–Trinajstić information content (AvgIpc) is 3.12. The van der Waals surface area contributed by atoms with Crippen LogP contribution in [0.15, 0.2) is 52.4 Å². The summed E-state index contributed by atoms with van der Waals surface area (Å²) in [6, 6.07) is 11.8. The van der Waals surface area contributed by atoms with E-state index in [-0.39, 0.29) is 17.4 Å². The molecule has 1 aliphatic heterocycles. The normalized spacial score (nSPS) is 13.7. The molecule has 1 amide bonds. The van der Waals surface area contributed by atoms with Gasteiger partial charge in [0, 0.05) is 18.7 Å².